The molecule has 3 aromatic rings. The summed E-state index contributed by atoms with van der Waals surface area (Å²) in [4.78, 5) is 27.4. The average molecular weight is 420 g/mol. The molecule has 1 aliphatic rings. The van der Waals surface area contributed by atoms with Gasteiger partial charge < -0.3 is 10.1 Å². The molecule has 1 aliphatic heterocycles. The Labute approximate surface area is 177 Å². The fraction of sp³-hybridized carbons (Fsp3) is 0.0833. The van der Waals surface area contributed by atoms with Crippen molar-refractivity contribution in [3.63, 3.8) is 0 Å². The number of carbonyl (C=O) groups is 2. The van der Waals surface area contributed by atoms with E-state index in [9.17, 15) is 18.4 Å². The highest BCUT2D eigenvalue weighted by Crippen LogP contribution is 2.32. The lowest BCUT2D eigenvalue weighted by molar-refractivity contribution is -0.137. The quantitative estimate of drug-likeness (QED) is 0.602. The Bertz CT molecular complexity index is 1170. The zero-order chi connectivity index (χ0) is 22.0. The second kappa shape index (κ2) is 8.39. The lowest BCUT2D eigenvalue weighted by Crippen LogP contribution is -2.32. The van der Waals surface area contributed by atoms with Crippen molar-refractivity contribution in [3.8, 4) is 5.75 Å². The minimum atomic E-state index is -0.594. The van der Waals surface area contributed by atoms with E-state index in [4.69, 9.17) is 4.74 Å². The highest BCUT2D eigenvalue weighted by molar-refractivity contribution is 6.36. The first-order valence-electron chi connectivity index (χ1n) is 9.49. The number of amides is 2. The fourth-order valence-corrected chi connectivity index (χ4v) is 3.34. The van der Waals surface area contributed by atoms with Gasteiger partial charge in [-0.05, 0) is 48.0 Å². The molecule has 0 bridgehead atoms. The van der Waals surface area contributed by atoms with Crippen molar-refractivity contribution in [1.82, 2.24) is 4.90 Å². The molecule has 156 valence electrons. The van der Waals surface area contributed by atoms with Crippen LogP contribution < -0.4 is 10.1 Å². The van der Waals surface area contributed by atoms with Crippen molar-refractivity contribution in [3.05, 3.63) is 101 Å². The zero-order valence-electron chi connectivity index (χ0n) is 16.6. The van der Waals surface area contributed by atoms with E-state index in [1.165, 1.54) is 49.6 Å². The summed E-state index contributed by atoms with van der Waals surface area (Å²) >= 11 is 0. The van der Waals surface area contributed by atoms with E-state index in [0.717, 1.165) is 4.90 Å². The highest BCUT2D eigenvalue weighted by Gasteiger charge is 2.39. The minimum Gasteiger partial charge on any atom is -0.497 e. The molecule has 0 saturated heterocycles. The average Bonchev–Trinajstić information content (AvgIpc) is 3.01. The van der Waals surface area contributed by atoms with Crippen LogP contribution in [0.1, 0.15) is 11.1 Å². The summed E-state index contributed by atoms with van der Waals surface area (Å²) in [5.74, 6) is -1.48. The number of rotatable bonds is 6. The highest BCUT2D eigenvalue weighted by atomic mass is 19.1. The van der Waals surface area contributed by atoms with Crippen molar-refractivity contribution in [2.75, 3.05) is 12.4 Å². The summed E-state index contributed by atoms with van der Waals surface area (Å²) in [5, 5.41) is 2.93. The second-order valence-electron chi connectivity index (χ2n) is 6.90. The molecule has 0 saturated carbocycles. The van der Waals surface area contributed by atoms with Gasteiger partial charge in [0.15, 0.2) is 0 Å². The third kappa shape index (κ3) is 4.02. The van der Waals surface area contributed by atoms with Gasteiger partial charge in [-0.15, -0.1) is 0 Å². The van der Waals surface area contributed by atoms with Gasteiger partial charge in [0.05, 0.1) is 19.2 Å². The molecule has 31 heavy (non-hydrogen) atoms. The summed E-state index contributed by atoms with van der Waals surface area (Å²) < 4.78 is 32.6. The maximum Gasteiger partial charge on any atom is 0.278 e. The summed E-state index contributed by atoms with van der Waals surface area (Å²) in [6.07, 6.45) is 0. The molecule has 0 radical (unpaired) electrons. The first-order chi connectivity index (χ1) is 15.0. The molecule has 1 heterocycles. The number of nitrogens with one attached hydrogen (secondary N) is 1. The van der Waals surface area contributed by atoms with Crippen LogP contribution in [0.3, 0.4) is 0 Å². The van der Waals surface area contributed by atoms with E-state index in [0.29, 0.717) is 17.0 Å². The molecular formula is C24H18F2N2O3. The summed E-state index contributed by atoms with van der Waals surface area (Å²) in [7, 11) is 1.52. The van der Waals surface area contributed by atoms with Crippen LogP contribution in [0.2, 0.25) is 0 Å². The maximum atomic E-state index is 14.2. The van der Waals surface area contributed by atoms with Crippen molar-refractivity contribution >= 4 is 23.1 Å². The van der Waals surface area contributed by atoms with E-state index in [2.05, 4.69) is 5.32 Å². The lowest BCUT2D eigenvalue weighted by atomic mass is 10.0. The topological polar surface area (TPSA) is 58.6 Å². The molecule has 0 unspecified atom stereocenters. The Balaban J connectivity index is 1.74. The molecule has 0 fully saturated rings. The lowest BCUT2D eigenvalue weighted by Gasteiger charge is -2.16. The standard InChI is InChI=1S/C24H18F2N2O3/c1-31-19-12-6-15(7-13-19)21-22(27-18-10-8-17(25)9-11-18)24(30)28(23(21)29)14-16-4-2-3-5-20(16)26/h2-13,27H,14H2,1H3. The Morgan fingerprint density at radius 1 is 0.871 bits per heavy atom. The Morgan fingerprint density at radius 2 is 1.55 bits per heavy atom. The van der Waals surface area contributed by atoms with Crippen LogP contribution in [0.4, 0.5) is 14.5 Å². The van der Waals surface area contributed by atoms with Crippen LogP contribution in [0.5, 0.6) is 5.75 Å². The van der Waals surface area contributed by atoms with E-state index in [-0.39, 0.29) is 23.4 Å². The fourth-order valence-electron chi connectivity index (χ4n) is 3.34. The van der Waals surface area contributed by atoms with E-state index >= 15 is 0 Å². The number of halogens is 2. The van der Waals surface area contributed by atoms with Crippen molar-refractivity contribution in [1.29, 1.82) is 0 Å². The van der Waals surface area contributed by atoms with Crippen LogP contribution in [-0.4, -0.2) is 23.8 Å². The van der Waals surface area contributed by atoms with Gasteiger partial charge in [0.2, 0.25) is 0 Å². The first kappa shape index (κ1) is 20.3. The number of methoxy groups -OCH3 is 1. The predicted molar refractivity (Wildman–Crippen MR) is 112 cm³/mol. The van der Waals surface area contributed by atoms with Gasteiger partial charge in [-0.25, -0.2) is 8.78 Å². The zero-order valence-corrected chi connectivity index (χ0v) is 16.6. The number of hydrogen-bond donors (Lipinski definition) is 1. The van der Waals surface area contributed by atoms with Crippen molar-refractivity contribution in [2.24, 2.45) is 0 Å². The van der Waals surface area contributed by atoms with Gasteiger partial charge in [-0.3, -0.25) is 14.5 Å². The largest absolute Gasteiger partial charge is 0.497 e. The number of ether oxygens (including phenoxy) is 1. The molecule has 1 N–H and O–H groups in total. The molecule has 0 aliphatic carbocycles. The molecule has 0 spiro atoms. The summed E-state index contributed by atoms with van der Waals surface area (Å²) in [6.45, 7) is -0.210. The maximum absolute atomic E-state index is 14.2. The number of hydrogen-bond acceptors (Lipinski definition) is 4. The number of nitrogens with zero attached hydrogens (tertiary/aromatic N) is 1. The van der Waals surface area contributed by atoms with Gasteiger partial charge in [-0.2, -0.15) is 0 Å². The predicted octanol–water partition coefficient (Wildman–Crippen LogP) is 4.37. The van der Waals surface area contributed by atoms with Crippen molar-refractivity contribution < 1.29 is 23.1 Å². The smallest absolute Gasteiger partial charge is 0.278 e. The molecule has 4 rings (SSSR count). The van der Waals surface area contributed by atoms with E-state index in [1.54, 1.807) is 30.3 Å². The van der Waals surface area contributed by atoms with Crippen LogP contribution >= 0.6 is 0 Å². The van der Waals surface area contributed by atoms with Crippen LogP contribution in [-0.2, 0) is 16.1 Å². The second-order valence-corrected chi connectivity index (χ2v) is 6.90. The number of imide groups is 1. The number of anilines is 1. The Morgan fingerprint density at radius 3 is 2.19 bits per heavy atom. The molecular weight excluding hydrogens is 402 g/mol. The SMILES string of the molecule is COc1ccc(C2=C(Nc3ccc(F)cc3)C(=O)N(Cc3ccccc3F)C2=O)cc1. The van der Waals surface area contributed by atoms with Crippen LogP contribution in [0.25, 0.3) is 5.57 Å². The minimum absolute atomic E-state index is 0.0399. The Hall–Kier alpha value is -4.00. The van der Waals surface area contributed by atoms with E-state index < -0.39 is 23.4 Å². The van der Waals surface area contributed by atoms with Gasteiger partial charge in [0.25, 0.3) is 11.8 Å². The van der Waals surface area contributed by atoms with Gasteiger partial charge in [0, 0.05) is 11.3 Å². The molecule has 3 aromatic carbocycles. The first-order valence-corrected chi connectivity index (χ1v) is 9.49. The summed E-state index contributed by atoms with van der Waals surface area (Å²) in [5.41, 5.74) is 1.35. The normalized spacial score (nSPS) is 13.7. The summed E-state index contributed by atoms with van der Waals surface area (Å²) in [6, 6.07) is 18.1. The third-order valence-electron chi connectivity index (χ3n) is 4.95. The third-order valence-corrected chi connectivity index (χ3v) is 4.95. The Kier molecular flexibility index (Phi) is 5.49. The molecule has 2 amide bonds. The number of carbonyl (C=O) groups excluding carboxylic acids is 2. The van der Waals surface area contributed by atoms with Crippen LogP contribution in [0, 0.1) is 11.6 Å². The van der Waals surface area contributed by atoms with Crippen LogP contribution in [0.15, 0.2) is 78.5 Å². The molecule has 5 nitrogen and oxygen atoms in total. The molecule has 7 heteroatoms. The van der Waals surface area contributed by atoms with E-state index in [1.807, 2.05) is 0 Å². The van der Waals surface area contributed by atoms with Crippen molar-refractivity contribution in [2.45, 2.75) is 6.54 Å². The molecule has 0 atom stereocenters. The van der Waals surface area contributed by atoms with Gasteiger partial charge in [0.1, 0.15) is 23.1 Å². The van der Waals surface area contributed by atoms with Gasteiger partial charge >= 0.3 is 0 Å². The molecule has 0 aromatic heterocycles. The monoisotopic (exact) mass is 420 g/mol. The number of benzene rings is 3. The van der Waals surface area contributed by atoms with Gasteiger partial charge in [-0.1, -0.05) is 30.3 Å².